The van der Waals surface area contributed by atoms with Crippen molar-refractivity contribution < 1.29 is 0 Å². The molecule has 2 aliphatic rings. The van der Waals surface area contributed by atoms with Crippen molar-refractivity contribution in [1.82, 2.24) is 9.13 Å². The minimum Gasteiger partial charge on any atom is -0.310 e. The summed E-state index contributed by atoms with van der Waals surface area (Å²) in [6.45, 7) is 15.6. The Balaban J connectivity index is 1.34. The summed E-state index contributed by atoms with van der Waals surface area (Å²) < 4.78 is 4.95. The van der Waals surface area contributed by atoms with E-state index >= 15 is 0 Å². The molecule has 0 unspecified atom stereocenters. The Morgan fingerprint density at radius 2 is 0.820 bits per heavy atom. The fourth-order valence-electron chi connectivity index (χ4n) is 9.12. The van der Waals surface area contributed by atoms with Gasteiger partial charge in [-0.3, -0.25) is 0 Å². The van der Waals surface area contributed by atoms with E-state index in [9.17, 15) is 0 Å². The largest absolute Gasteiger partial charge is 0.310 e. The first-order valence-electron chi connectivity index (χ1n) is 16.9. The van der Waals surface area contributed by atoms with E-state index < -0.39 is 0 Å². The van der Waals surface area contributed by atoms with Crippen LogP contribution in [-0.4, -0.2) is 22.6 Å². The summed E-state index contributed by atoms with van der Waals surface area (Å²) in [6, 6.07) is 52.0. The van der Waals surface area contributed by atoms with Crippen LogP contribution in [0.1, 0.15) is 0 Å². The molecule has 2 aliphatic heterocycles. The van der Waals surface area contributed by atoms with Crippen LogP contribution < -0.4 is 32.8 Å². The SMILES string of the molecule is [C-]#[N+]c1cccc(B2c3cc4c(cc3-n3c5ccccc5c5cccc2c53)B(c2cccc([N+]#[C-])c2)c2cccc3c5ccccc5n-4c23)c1. The molecule has 6 heteroatoms. The fraction of sp³-hybridized carbons (Fsp3) is 0. The molecule has 0 saturated heterocycles. The molecular formula is C44H24B2N4. The van der Waals surface area contributed by atoms with E-state index in [-0.39, 0.29) is 13.4 Å². The highest BCUT2D eigenvalue weighted by atomic mass is 15.0. The molecule has 0 N–H and O–H groups in total. The second-order valence-corrected chi connectivity index (χ2v) is 13.4. The van der Waals surface area contributed by atoms with Gasteiger partial charge in [-0.25, -0.2) is 9.69 Å². The van der Waals surface area contributed by atoms with Gasteiger partial charge in [0, 0.05) is 44.0 Å². The number of benzene rings is 7. The summed E-state index contributed by atoms with van der Waals surface area (Å²) in [5.74, 6) is 0. The predicted molar refractivity (Wildman–Crippen MR) is 210 cm³/mol. The first kappa shape index (κ1) is 27.2. The lowest BCUT2D eigenvalue weighted by molar-refractivity contribution is 1.16. The Bertz CT molecular complexity index is 2840. The van der Waals surface area contributed by atoms with Gasteiger partial charge in [-0.2, -0.15) is 0 Å². The number of fused-ring (bicyclic) bond motifs is 10. The Labute approximate surface area is 289 Å². The molecule has 0 radical (unpaired) electrons. The van der Waals surface area contributed by atoms with Crippen molar-refractivity contribution in [1.29, 1.82) is 0 Å². The molecule has 0 bridgehead atoms. The molecule has 9 aromatic rings. The molecule has 0 atom stereocenters. The normalized spacial score (nSPS) is 12.7. The van der Waals surface area contributed by atoms with E-state index in [4.69, 9.17) is 13.1 Å². The van der Waals surface area contributed by atoms with E-state index in [0.717, 1.165) is 22.3 Å². The predicted octanol–water partition coefficient (Wildman–Crippen LogP) is 6.64. The third-order valence-corrected chi connectivity index (χ3v) is 11.0. The van der Waals surface area contributed by atoms with Gasteiger partial charge in [-0.05, 0) is 46.1 Å². The number of hydrogen-bond donors (Lipinski definition) is 0. The second kappa shape index (κ2) is 9.89. The van der Waals surface area contributed by atoms with Gasteiger partial charge in [0.15, 0.2) is 11.4 Å². The summed E-state index contributed by atoms with van der Waals surface area (Å²) in [4.78, 5) is 7.67. The monoisotopic (exact) mass is 630 g/mol. The van der Waals surface area contributed by atoms with Gasteiger partial charge < -0.3 is 9.13 Å². The first-order chi connectivity index (χ1) is 24.7. The minimum absolute atomic E-state index is 0.0732. The number of para-hydroxylation sites is 4. The van der Waals surface area contributed by atoms with Gasteiger partial charge in [-0.15, -0.1) is 0 Å². The Hall–Kier alpha value is -6.75. The summed E-state index contributed by atoms with van der Waals surface area (Å²) in [7, 11) is 0. The first-order valence-corrected chi connectivity index (χ1v) is 16.9. The van der Waals surface area contributed by atoms with Crippen LogP contribution in [0.2, 0.25) is 0 Å². The molecule has 4 nitrogen and oxygen atoms in total. The molecule has 226 valence electrons. The van der Waals surface area contributed by atoms with E-state index in [2.05, 4.69) is 140 Å². The molecule has 50 heavy (non-hydrogen) atoms. The molecule has 2 aromatic heterocycles. The van der Waals surface area contributed by atoms with Crippen LogP contribution in [0.3, 0.4) is 0 Å². The topological polar surface area (TPSA) is 18.6 Å². The van der Waals surface area contributed by atoms with E-state index in [1.54, 1.807) is 0 Å². The zero-order valence-electron chi connectivity index (χ0n) is 26.8. The third kappa shape index (κ3) is 3.45. The van der Waals surface area contributed by atoms with Crippen molar-refractivity contribution in [3.8, 4) is 11.4 Å². The van der Waals surface area contributed by atoms with Crippen molar-refractivity contribution in [3.05, 3.63) is 168 Å². The van der Waals surface area contributed by atoms with Crippen LogP contribution in [0.25, 0.3) is 64.7 Å². The smallest absolute Gasteiger partial charge is 0.245 e. The van der Waals surface area contributed by atoms with E-state index in [1.165, 1.54) is 65.5 Å². The zero-order chi connectivity index (χ0) is 33.1. The number of hydrogen-bond acceptors (Lipinski definition) is 0. The maximum absolute atomic E-state index is 7.85. The highest BCUT2D eigenvalue weighted by Crippen LogP contribution is 2.36. The molecule has 0 spiro atoms. The summed E-state index contributed by atoms with van der Waals surface area (Å²) in [5, 5.41) is 4.93. The Kier molecular flexibility index (Phi) is 5.39. The van der Waals surface area contributed by atoms with E-state index in [1.807, 2.05) is 24.3 Å². The minimum atomic E-state index is -0.0732. The average molecular weight is 630 g/mol. The van der Waals surface area contributed by atoms with Crippen molar-refractivity contribution in [2.75, 3.05) is 0 Å². The highest BCUT2D eigenvalue weighted by molar-refractivity contribution is 7.00. The maximum Gasteiger partial charge on any atom is 0.245 e. The number of nitrogens with zero attached hydrogens (tertiary/aromatic N) is 4. The number of aromatic nitrogens is 2. The van der Waals surface area contributed by atoms with E-state index in [0.29, 0.717) is 11.4 Å². The molecular weight excluding hydrogens is 606 g/mol. The van der Waals surface area contributed by atoms with Crippen molar-refractivity contribution in [2.45, 2.75) is 0 Å². The Morgan fingerprint density at radius 3 is 1.28 bits per heavy atom. The quantitative estimate of drug-likeness (QED) is 0.151. The molecule has 4 heterocycles. The van der Waals surface area contributed by atoms with Crippen molar-refractivity contribution >= 4 is 101 Å². The molecule has 0 saturated carbocycles. The average Bonchev–Trinajstić information content (AvgIpc) is 3.70. The summed E-state index contributed by atoms with van der Waals surface area (Å²) in [6.07, 6.45) is 0. The lowest BCUT2D eigenvalue weighted by Crippen LogP contribution is -2.59. The summed E-state index contributed by atoms with van der Waals surface area (Å²) in [5.41, 5.74) is 15.6. The highest BCUT2D eigenvalue weighted by Gasteiger charge is 2.39. The molecule has 0 aliphatic carbocycles. The molecule has 11 rings (SSSR count). The number of rotatable bonds is 2. The maximum atomic E-state index is 7.85. The lowest BCUT2D eigenvalue weighted by Gasteiger charge is -2.33. The van der Waals surface area contributed by atoms with Gasteiger partial charge in [0.1, 0.15) is 0 Å². The Morgan fingerprint density at radius 1 is 0.400 bits per heavy atom. The van der Waals surface area contributed by atoms with Gasteiger partial charge in [0.2, 0.25) is 13.4 Å². The molecule has 0 fully saturated rings. The van der Waals surface area contributed by atoms with Gasteiger partial charge in [0.25, 0.3) is 0 Å². The second-order valence-electron chi connectivity index (χ2n) is 13.4. The van der Waals surface area contributed by atoms with Crippen LogP contribution in [-0.2, 0) is 0 Å². The van der Waals surface area contributed by atoms with Gasteiger partial charge >= 0.3 is 0 Å². The van der Waals surface area contributed by atoms with Crippen LogP contribution >= 0.6 is 0 Å². The molecule has 0 amide bonds. The third-order valence-electron chi connectivity index (χ3n) is 11.0. The van der Waals surface area contributed by atoms with Gasteiger partial charge in [0.05, 0.1) is 24.2 Å². The van der Waals surface area contributed by atoms with Gasteiger partial charge in [-0.1, -0.05) is 132 Å². The van der Waals surface area contributed by atoms with Crippen LogP contribution in [0.4, 0.5) is 11.4 Å². The van der Waals surface area contributed by atoms with Crippen LogP contribution in [0, 0.1) is 13.1 Å². The lowest BCUT2D eigenvalue weighted by atomic mass is 9.33. The molecule has 7 aromatic carbocycles. The standard InChI is InChI=1S/C44H24B2N4/c1-47-29-13-7-11-27(23-29)45-35-19-9-17-33-31-15-3-5-21-39(31)49(43(33)35)41-26-38-42(25-37(41)45)50-40-22-6-4-16-32(40)34-18-10-20-36(44(34)50)46(38)28-12-8-14-30(24-28)48-2/h3-26H. The van der Waals surface area contributed by atoms with Crippen LogP contribution in [0.15, 0.2) is 146 Å². The van der Waals surface area contributed by atoms with Crippen molar-refractivity contribution in [3.63, 3.8) is 0 Å². The van der Waals surface area contributed by atoms with Crippen LogP contribution in [0.5, 0.6) is 0 Å². The summed E-state index contributed by atoms with van der Waals surface area (Å²) >= 11 is 0. The zero-order valence-corrected chi connectivity index (χ0v) is 26.8. The van der Waals surface area contributed by atoms with Crippen molar-refractivity contribution in [2.24, 2.45) is 0 Å². The fourth-order valence-corrected chi connectivity index (χ4v) is 9.12.